The van der Waals surface area contributed by atoms with Crippen LogP contribution in [0.2, 0.25) is 0 Å². The summed E-state index contributed by atoms with van der Waals surface area (Å²) in [4.78, 5) is 46.1. The van der Waals surface area contributed by atoms with Gasteiger partial charge >= 0.3 is 5.97 Å². The van der Waals surface area contributed by atoms with E-state index in [9.17, 15) is 14.9 Å². The highest BCUT2D eigenvalue weighted by Crippen LogP contribution is 2.36. The van der Waals surface area contributed by atoms with Gasteiger partial charge < -0.3 is 25.0 Å². The molecule has 1 aliphatic rings. The number of thiophene rings is 1. The number of nitro groups is 1. The molecule has 14 heteroatoms. The van der Waals surface area contributed by atoms with Gasteiger partial charge in [0.15, 0.2) is 11.6 Å². The van der Waals surface area contributed by atoms with Crippen molar-refractivity contribution in [3.05, 3.63) is 57.2 Å². The molecular formula is C25H26N8O5S. The van der Waals surface area contributed by atoms with Gasteiger partial charge in [-0.1, -0.05) is 0 Å². The third kappa shape index (κ3) is 5.56. The third-order valence-electron chi connectivity index (χ3n) is 6.08. The first-order valence-electron chi connectivity index (χ1n) is 12.2. The molecule has 0 aliphatic carbocycles. The number of esters is 1. The van der Waals surface area contributed by atoms with E-state index < -0.39 is 10.9 Å². The number of aromatic nitrogens is 4. The summed E-state index contributed by atoms with van der Waals surface area (Å²) >= 11 is 1.56. The number of morpholine rings is 1. The zero-order valence-electron chi connectivity index (χ0n) is 21.4. The van der Waals surface area contributed by atoms with Crippen LogP contribution in [0.15, 0.2) is 36.7 Å². The number of hydrogen-bond donors (Lipinski definition) is 1. The van der Waals surface area contributed by atoms with Crippen LogP contribution in [0.3, 0.4) is 0 Å². The van der Waals surface area contributed by atoms with Crippen LogP contribution < -0.4 is 15.5 Å². The molecule has 13 nitrogen and oxygen atoms in total. The number of fused-ring (bicyclic) bond motifs is 1. The van der Waals surface area contributed by atoms with Crippen molar-refractivity contribution in [1.82, 2.24) is 19.9 Å². The van der Waals surface area contributed by atoms with Gasteiger partial charge in [0, 0.05) is 49.0 Å². The van der Waals surface area contributed by atoms with E-state index in [1.54, 1.807) is 24.3 Å². The lowest BCUT2D eigenvalue weighted by atomic mass is 10.1. The predicted molar refractivity (Wildman–Crippen MR) is 147 cm³/mol. The standard InChI is InChI=1S/C25H26N8O5S/c1-3-38-24(34)16-12-27-25(28-13-16)31(2)14-17-11-19-21(39-17)23(32-6-8-37-9-7-32)30-22(29-19)15-4-5-18(26)20(10-15)33(35)36/h4-5,10-13H,3,6-9,14,26H2,1-2H3. The Labute approximate surface area is 227 Å². The van der Waals surface area contributed by atoms with Crippen LogP contribution in [0.1, 0.15) is 22.2 Å². The van der Waals surface area contributed by atoms with E-state index in [1.165, 1.54) is 24.5 Å². The topological polar surface area (TPSA) is 163 Å². The van der Waals surface area contributed by atoms with E-state index in [0.717, 1.165) is 20.9 Å². The fourth-order valence-electron chi connectivity index (χ4n) is 4.14. The molecule has 0 saturated carbocycles. The number of anilines is 3. The average Bonchev–Trinajstić information content (AvgIpc) is 3.35. The zero-order chi connectivity index (χ0) is 27.5. The first-order chi connectivity index (χ1) is 18.8. The van der Waals surface area contributed by atoms with E-state index in [-0.39, 0.29) is 23.5 Å². The molecule has 1 saturated heterocycles. The SMILES string of the molecule is CCOC(=O)c1cnc(N(C)Cc2cc3nc(-c4ccc(N)c([N+](=O)[O-])c4)nc(N4CCOCC4)c3s2)nc1. The first kappa shape index (κ1) is 26.2. The summed E-state index contributed by atoms with van der Waals surface area (Å²) in [6, 6.07) is 6.56. The minimum absolute atomic E-state index is 0.0802. The molecule has 5 rings (SSSR count). The highest BCUT2D eigenvalue weighted by molar-refractivity contribution is 7.19. The van der Waals surface area contributed by atoms with E-state index >= 15 is 0 Å². The average molecular weight is 551 g/mol. The fraction of sp³-hybridized carbons (Fsp3) is 0.320. The van der Waals surface area contributed by atoms with Gasteiger partial charge in [0.25, 0.3) is 5.69 Å². The largest absolute Gasteiger partial charge is 0.462 e. The van der Waals surface area contributed by atoms with Gasteiger partial charge in [-0.2, -0.15) is 0 Å². The summed E-state index contributed by atoms with van der Waals surface area (Å²) in [5.74, 6) is 1.12. The van der Waals surface area contributed by atoms with Crippen LogP contribution in [0, 0.1) is 10.1 Å². The number of ether oxygens (including phenoxy) is 2. The quantitative estimate of drug-likeness (QED) is 0.148. The van der Waals surface area contributed by atoms with Crippen LogP contribution >= 0.6 is 11.3 Å². The maximum absolute atomic E-state index is 11.9. The molecule has 0 spiro atoms. The summed E-state index contributed by atoms with van der Waals surface area (Å²) in [7, 11) is 1.86. The number of nitrogens with two attached hydrogens (primary N) is 1. The van der Waals surface area contributed by atoms with Crippen LogP contribution in [-0.4, -0.2) is 70.8 Å². The molecule has 1 aliphatic heterocycles. The van der Waals surface area contributed by atoms with Crippen molar-refractivity contribution < 1.29 is 19.2 Å². The Balaban J connectivity index is 1.48. The van der Waals surface area contributed by atoms with Crippen molar-refractivity contribution in [2.45, 2.75) is 13.5 Å². The lowest BCUT2D eigenvalue weighted by molar-refractivity contribution is -0.383. The normalized spacial score (nSPS) is 13.4. The lowest BCUT2D eigenvalue weighted by Gasteiger charge is -2.28. The Kier molecular flexibility index (Phi) is 7.47. The van der Waals surface area contributed by atoms with E-state index in [4.69, 9.17) is 25.2 Å². The maximum Gasteiger partial charge on any atom is 0.341 e. The summed E-state index contributed by atoms with van der Waals surface area (Å²) in [6.45, 7) is 5.00. The number of carbonyl (C=O) groups excluding carboxylic acids is 1. The van der Waals surface area contributed by atoms with E-state index in [0.29, 0.717) is 50.2 Å². The van der Waals surface area contributed by atoms with Gasteiger partial charge in [0.05, 0.1) is 47.1 Å². The number of carbonyl (C=O) groups is 1. The Morgan fingerprint density at radius 2 is 1.97 bits per heavy atom. The van der Waals surface area contributed by atoms with Gasteiger partial charge in [0.1, 0.15) is 5.69 Å². The van der Waals surface area contributed by atoms with Crippen LogP contribution in [0.25, 0.3) is 21.6 Å². The number of benzene rings is 1. The smallest absolute Gasteiger partial charge is 0.341 e. The molecule has 4 heterocycles. The fourth-order valence-corrected chi connectivity index (χ4v) is 5.31. The van der Waals surface area contributed by atoms with Crippen molar-refractivity contribution in [2.75, 3.05) is 55.5 Å². The summed E-state index contributed by atoms with van der Waals surface area (Å²) in [5, 5.41) is 11.5. The second-order valence-electron chi connectivity index (χ2n) is 8.78. The molecule has 1 fully saturated rings. The molecule has 2 N–H and O–H groups in total. The van der Waals surface area contributed by atoms with Crippen LogP contribution in [-0.2, 0) is 16.0 Å². The van der Waals surface area contributed by atoms with E-state index in [1.807, 2.05) is 18.0 Å². The molecule has 39 heavy (non-hydrogen) atoms. The highest BCUT2D eigenvalue weighted by Gasteiger charge is 2.22. The molecule has 0 atom stereocenters. The van der Waals surface area contributed by atoms with Gasteiger partial charge in [0.2, 0.25) is 5.95 Å². The maximum atomic E-state index is 11.9. The Hall–Kier alpha value is -4.43. The minimum Gasteiger partial charge on any atom is -0.462 e. The molecule has 0 amide bonds. The second kappa shape index (κ2) is 11.1. The Morgan fingerprint density at radius 3 is 2.67 bits per heavy atom. The summed E-state index contributed by atoms with van der Waals surface area (Å²) < 4.78 is 11.4. The third-order valence-corrected chi connectivity index (χ3v) is 7.19. The minimum atomic E-state index is -0.514. The number of nitrogens with zero attached hydrogens (tertiary/aromatic N) is 7. The van der Waals surface area contributed by atoms with Crippen molar-refractivity contribution in [3.63, 3.8) is 0 Å². The molecule has 4 aromatic rings. The Morgan fingerprint density at radius 1 is 1.23 bits per heavy atom. The van der Waals surface area contributed by atoms with Crippen LogP contribution in [0.4, 0.5) is 23.1 Å². The number of rotatable bonds is 8. The van der Waals surface area contributed by atoms with Crippen molar-refractivity contribution in [1.29, 1.82) is 0 Å². The van der Waals surface area contributed by atoms with Gasteiger partial charge in [-0.3, -0.25) is 10.1 Å². The molecule has 0 unspecified atom stereocenters. The lowest BCUT2D eigenvalue weighted by Crippen LogP contribution is -2.36. The highest BCUT2D eigenvalue weighted by atomic mass is 32.1. The molecular weight excluding hydrogens is 524 g/mol. The van der Waals surface area contributed by atoms with Gasteiger partial charge in [-0.15, -0.1) is 11.3 Å². The zero-order valence-corrected chi connectivity index (χ0v) is 22.2. The number of nitro benzene ring substituents is 1. The summed E-state index contributed by atoms with van der Waals surface area (Å²) in [5.41, 5.74) is 7.22. The van der Waals surface area contributed by atoms with Crippen molar-refractivity contribution >= 4 is 50.7 Å². The Bertz CT molecular complexity index is 1520. The second-order valence-corrected chi connectivity index (χ2v) is 9.91. The summed E-state index contributed by atoms with van der Waals surface area (Å²) in [6.07, 6.45) is 2.89. The van der Waals surface area contributed by atoms with Gasteiger partial charge in [-0.25, -0.2) is 24.7 Å². The molecule has 3 aromatic heterocycles. The monoisotopic (exact) mass is 550 g/mol. The number of hydrogen-bond acceptors (Lipinski definition) is 13. The van der Waals surface area contributed by atoms with Crippen molar-refractivity contribution in [2.24, 2.45) is 0 Å². The molecule has 202 valence electrons. The molecule has 0 radical (unpaired) electrons. The van der Waals surface area contributed by atoms with Crippen LogP contribution in [0.5, 0.6) is 0 Å². The van der Waals surface area contributed by atoms with E-state index in [2.05, 4.69) is 14.9 Å². The van der Waals surface area contributed by atoms with Crippen molar-refractivity contribution in [3.8, 4) is 11.4 Å². The predicted octanol–water partition coefficient (Wildman–Crippen LogP) is 3.29. The number of nitrogen functional groups attached to an aromatic ring is 1. The first-order valence-corrected chi connectivity index (χ1v) is 13.0. The molecule has 1 aromatic carbocycles. The van der Waals surface area contributed by atoms with Gasteiger partial charge in [-0.05, 0) is 25.1 Å². The molecule has 0 bridgehead atoms.